The molecule has 0 aromatic heterocycles. The van der Waals surface area contributed by atoms with E-state index in [1.54, 1.807) is 7.11 Å². The molecule has 3 nitrogen and oxygen atoms in total. The summed E-state index contributed by atoms with van der Waals surface area (Å²) in [5.41, 5.74) is 0.0701. The van der Waals surface area contributed by atoms with Crippen LogP contribution in [0.5, 0.6) is 0 Å². The molecular weight excluding hydrogens is 118 g/mol. The Hall–Kier alpha value is -0.120. The van der Waals surface area contributed by atoms with Gasteiger partial charge in [0.1, 0.15) is 0 Å². The van der Waals surface area contributed by atoms with Crippen LogP contribution in [0.15, 0.2) is 0 Å². The van der Waals surface area contributed by atoms with Crippen LogP contribution in [0.3, 0.4) is 0 Å². The number of hydrogen-bond donors (Lipinski definition) is 0. The van der Waals surface area contributed by atoms with Gasteiger partial charge in [-0.2, -0.15) is 0 Å². The van der Waals surface area contributed by atoms with Gasteiger partial charge in [0.2, 0.25) is 0 Å². The van der Waals surface area contributed by atoms with Gasteiger partial charge in [-0.25, -0.2) is 4.84 Å². The van der Waals surface area contributed by atoms with E-state index in [0.29, 0.717) is 0 Å². The number of nitrogens with zero attached hydrogens (tertiary/aromatic N) is 1. The first-order valence-electron chi connectivity index (χ1n) is 3.04. The van der Waals surface area contributed by atoms with E-state index in [1.807, 2.05) is 5.06 Å². The third kappa shape index (κ3) is 1.41. The van der Waals surface area contributed by atoms with Gasteiger partial charge in [0.15, 0.2) is 0 Å². The van der Waals surface area contributed by atoms with Gasteiger partial charge in [0, 0.05) is 12.6 Å². The zero-order valence-corrected chi connectivity index (χ0v) is 6.34. The fourth-order valence-corrected chi connectivity index (χ4v) is 0.683. The summed E-state index contributed by atoms with van der Waals surface area (Å²) in [6, 6.07) is 0. The van der Waals surface area contributed by atoms with Gasteiger partial charge in [-0.3, -0.25) is 0 Å². The molecule has 0 aromatic rings. The van der Waals surface area contributed by atoms with Gasteiger partial charge in [0.05, 0.1) is 0 Å². The normalized spacial score (nSPS) is 34.7. The number of methoxy groups -OCH3 is 1. The first-order valence-corrected chi connectivity index (χ1v) is 3.04. The molecule has 1 aliphatic heterocycles. The zero-order chi connectivity index (χ0) is 7.07. The quantitative estimate of drug-likeness (QED) is 0.495. The first-order chi connectivity index (χ1) is 4.05. The molecule has 2 atom stereocenters. The Morgan fingerprint density at radius 2 is 2.00 bits per heavy atom. The summed E-state index contributed by atoms with van der Waals surface area (Å²) in [4.78, 5) is 5.04. The lowest BCUT2D eigenvalue weighted by Gasteiger charge is -2.15. The highest BCUT2D eigenvalue weighted by atomic mass is 17.0. The zero-order valence-electron chi connectivity index (χ0n) is 6.34. The van der Waals surface area contributed by atoms with Crippen LogP contribution in [0.2, 0.25) is 0 Å². The van der Waals surface area contributed by atoms with Crippen LogP contribution in [0.25, 0.3) is 0 Å². The van der Waals surface area contributed by atoms with Crippen LogP contribution < -0.4 is 0 Å². The fourth-order valence-electron chi connectivity index (χ4n) is 0.683. The average molecular weight is 131 g/mol. The maximum absolute atomic E-state index is 5.04. The van der Waals surface area contributed by atoms with Crippen molar-refractivity contribution < 1.29 is 9.57 Å². The summed E-state index contributed by atoms with van der Waals surface area (Å²) >= 11 is 0. The Bertz CT molecular complexity index is 108. The van der Waals surface area contributed by atoms with Crippen molar-refractivity contribution >= 4 is 0 Å². The molecule has 0 saturated carbocycles. The summed E-state index contributed by atoms with van der Waals surface area (Å²) in [7, 11) is 1.64. The SMILES string of the molecule is CO[C@H]1ON1C(C)(C)C. The lowest BCUT2D eigenvalue weighted by atomic mass is 10.1. The summed E-state index contributed by atoms with van der Waals surface area (Å²) in [6.45, 7) is 6.23. The van der Waals surface area contributed by atoms with E-state index in [2.05, 4.69) is 20.8 Å². The number of rotatable bonds is 1. The minimum atomic E-state index is -0.106. The molecule has 0 aromatic carbocycles. The van der Waals surface area contributed by atoms with E-state index in [-0.39, 0.29) is 12.0 Å². The molecule has 0 spiro atoms. The third-order valence-corrected chi connectivity index (χ3v) is 1.21. The molecule has 1 aliphatic rings. The number of ether oxygens (including phenoxy) is 1. The van der Waals surface area contributed by atoms with Crippen molar-refractivity contribution in [2.45, 2.75) is 32.7 Å². The van der Waals surface area contributed by atoms with Gasteiger partial charge in [-0.1, -0.05) is 0 Å². The van der Waals surface area contributed by atoms with Gasteiger partial charge in [-0.05, 0) is 20.8 Å². The first kappa shape index (κ1) is 6.99. The van der Waals surface area contributed by atoms with Crippen LogP contribution >= 0.6 is 0 Å². The Kier molecular flexibility index (Phi) is 1.50. The summed E-state index contributed by atoms with van der Waals surface area (Å²) in [5.74, 6) is 0. The monoisotopic (exact) mass is 131 g/mol. The van der Waals surface area contributed by atoms with E-state index >= 15 is 0 Å². The van der Waals surface area contributed by atoms with Crippen molar-refractivity contribution in [1.29, 1.82) is 0 Å². The molecule has 0 N–H and O–H groups in total. The van der Waals surface area contributed by atoms with E-state index in [9.17, 15) is 0 Å². The predicted molar refractivity (Wildman–Crippen MR) is 33.5 cm³/mol. The minimum Gasteiger partial charge on any atom is -0.340 e. The molecule has 1 saturated heterocycles. The minimum absolute atomic E-state index is 0.0701. The third-order valence-electron chi connectivity index (χ3n) is 1.21. The van der Waals surface area contributed by atoms with Gasteiger partial charge < -0.3 is 4.74 Å². The smallest absolute Gasteiger partial charge is 0.259 e. The molecule has 1 unspecified atom stereocenters. The Balaban J connectivity index is 2.33. The highest BCUT2D eigenvalue weighted by molar-refractivity contribution is 4.75. The molecule has 0 aliphatic carbocycles. The van der Waals surface area contributed by atoms with Crippen molar-refractivity contribution in [2.75, 3.05) is 7.11 Å². The molecule has 9 heavy (non-hydrogen) atoms. The van der Waals surface area contributed by atoms with Crippen LogP contribution in [-0.2, 0) is 9.57 Å². The highest BCUT2D eigenvalue weighted by Gasteiger charge is 2.45. The van der Waals surface area contributed by atoms with E-state index in [1.165, 1.54) is 0 Å². The molecular formula is C6H13NO2. The van der Waals surface area contributed by atoms with E-state index in [0.717, 1.165) is 0 Å². The lowest BCUT2D eigenvalue weighted by Crippen LogP contribution is -2.27. The van der Waals surface area contributed by atoms with Gasteiger partial charge in [0.25, 0.3) is 6.41 Å². The van der Waals surface area contributed by atoms with E-state index in [4.69, 9.17) is 9.57 Å². The fraction of sp³-hybridized carbons (Fsp3) is 1.00. The van der Waals surface area contributed by atoms with Gasteiger partial charge >= 0.3 is 0 Å². The predicted octanol–water partition coefficient (Wildman–Crippen LogP) is 0.962. The Labute approximate surface area is 55.5 Å². The van der Waals surface area contributed by atoms with Crippen LogP contribution in [-0.4, -0.2) is 24.1 Å². The molecule has 0 radical (unpaired) electrons. The van der Waals surface area contributed by atoms with Crippen LogP contribution in [0.1, 0.15) is 20.8 Å². The molecule has 0 bridgehead atoms. The highest BCUT2D eigenvalue weighted by Crippen LogP contribution is 2.30. The molecule has 1 rings (SSSR count). The molecule has 3 heteroatoms. The Morgan fingerprint density at radius 1 is 1.44 bits per heavy atom. The largest absolute Gasteiger partial charge is 0.340 e. The molecule has 0 amide bonds. The van der Waals surface area contributed by atoms with Gasteiger partial charge in [-0.15, -0.1) is 5.06 Å². The second kappa shape index (κ2) is 1.94. The van der Waals surface area contributed by atoms with Crippen molar-refractivity contribution in [2.24, 2.45) is 0 Å². The Morgan fingerprint density at radius 3 is 2.11 bits per heavy atom. The van der Waals surface area contributed by atoms with Crippen LogP contribution in [0, 0.1) is 0 Å². The standard InChI is InChI=1S/C6H13NO2/c1-6(2,3)7-5(8-4)9-7/h5H,1-4H3/t5-,7?/m0/s1. The topological polar surface area (TPSA) is 24.8 Å². The molecule has 1 fully saturated rings. The van der Waals surface area contributed by atoms with Crippen molar-refractivity contribution in [3.63, 3.8) is 0 Å². The van der Waals surface area contributed by atoms with Crippen molar-refractivity contribution in [3.05, 3.63) is 0 Å². The number of hydrogen-bond acceptors (Lipinski definition) is 3. The summed E-state index contributed by atoms with van der Waals surface area (Å²) in [6.07, 6.45) is -0.106. The number of hydroxylamine groups is 2. The second-order valence-electron chi connectivity index (χ2n) is 3.14. The average Bonchev–Trinajstić information content (AvgIpc) is 2.39. The molecule has 1 heterocycles. The molecule has 54 valence electrons. The summed E-state index contributed by atoms with van der Waals surface area (Å²) in [5, 5.41) is 1.81. The van der Waals surface area contributed by atoms with E-state index < -0.39 is 0 Å². The van der Waals surface area contributed by atoms with Crippen molar-refractivity contribution in [1.82, 2.24) is 5.06 Å². The summed E-state index contributed by atoms with van der Waals surface area (Å²) < 4.78 is 4.90. The maximum Gasteiger partial charge on any atom is 0.259 e. The second-order valence-corrected chi connectivity index (χ2v) is 3.14. The lowest BCUT2D eigenvalue weighted by molar-refractivity contribution is 0.0941. The van der Waals surface area contributed by atoms with Crippen LogP contribution in [0.4, 0.5) is 0 Å². The van der Waals surface area contributed by atoms with Crippen molar-refractivity contribution in [3.8, 4) is 0 Å². The maximum atomic E-state index is 5.04.